The van der Waals surface area contributed by atoms with E-state index < -0.39 is 0 Å². The van der Waals surface area contributed by atoms with Crippen molar-refractivity contribution in [1.29, 1.82) is 0 Å². The number of hydrogen-bond acceptors (Lipinski definition) is 3. The first kappa shape index (κ1) is 16.7. The Morgan fingerprint density at radius 3 is 2.67 bits per heavy atom. The Hall–Kier alpha value is -0.680. The summed E-state index contributed by atoms with van der Waals surface area (Å²) in [6.07, 6.45) is 0.972. The molecule has 0 radical (unpaired) electrons. The summed E-state index contributed by atoms with van der Waals surface area (Å²) in [5.74, 6) is 0. The van der Waals surface area contributed by atoms with Gasteiger partial charge in [0.1, 0.15) is 0 Å². The summed E-state index contributed by atoms with van der Waals surface area (Å²) < 4.78 is 1.09. The van der Waals surface area contributed by atoms with Crippen molar-refractivity contribution in [2.45, 2.75) is 38.9 Å². The van der Waals surface area contributed by atoms with Crippen molar-refractivity contribution in [3.8, 4) is 0 Å². The fourth-order valence-corrected chi connectivity index (χ4v) is 3.48. The van der Waals surface area contributed by atoms with Crippen LogP contribution in [-0.4, -0.2) is 17.5 Å². The molecule has 0 aliphatic carbocycles. The molecule has 1 atom stereocenters. The lowest BCUT2D eigenvalue weighted by Crippen LogP contribution is -2.32. The molecule has 0 fully saturated rings. The summed E-state index contributed by atoms with van der Waals surface area (Å²) in [6, 6.07) is 13.2. The quantitative estimate of drug-likeness (QED) is 0.761. The first-order valence-corrected chi connectivity index (χ1v) is 9.01. The Morgan fingerprint density at radius 2 is 2.05 bits per heavy atom. The van der Waals surface area contributed by atoms with Gasteiger partial charge in [-0.25, -0.2) is 0 Å². The maximum Gasteiger partial charge on any atom is 0.0330 e. The van der Waals surface area contributed by atoms with Gasteiger partial charge in [0, 0.05) is 34.5 Å². The minimum absolute atomic E-state index is 0.0899. The van der Waals surface area contributed by atoms with E-state index in [9.17, 15) is 0 Å². The molecule has 0 saturated carbocycles. The van der Waals surface area contributed by atoms with Gasteiger partial charge in [-0.05, 0) is 49.4 Å². The van der Waals surface area contributed by atoms with E-state index in [1.165, 1.54) is 10.4 Å². The monoisotopic (exact) mass is 366 g/mol. The van der Waals surface area contributed by atoms with Gasteiger partial charge in [0.2, 0.25) is 0 Å². The van der Waals surface area contributed by atoms with Gasteiger partial charge in [0.15, 0.2) is 0 Å². The first-order valence-electron chi connectivity index (χ1n) is 7.33. The van der Waals surface area contributed by atoms with Crippen LogP contribution in [0.25, 0.3) is 0 Å². The van der Waals surface area contributed by atoms with Crippen molar-refractivity contribution in [1.82, 2.24) is 4.90 Å². The van der Waals surface area contributed by atoms with Gasteiger partial charge in [-0.1, -0.05) is 34.1 Å². The summed E-state index contributed by atoms with van der Waals surface area (Å²) in [6.45, 7) is 6.53. The van der Waals surface area contributed by atoms with E-state index in [2.05, 4.69) is 64.3 Å². The molecule has 1 aromatic carbocycles. The molecule has 2 aromatic rings. The van der Waals surface area contributed by atoms with E-state index >= 15 is 0 Å². The van der Waals surface area contributed by atoms with Crippen molar-refractivity contribution in [2.24, 2.45) is 5.73 Å². The lowest BCUT2D eigenvalue weighted by atomic mass is 10.0. The molecule has 2 rings (SSSR count). The fraction of sp³-hybridized carbons (Fsp3) is 0.412. The summed E-state index contributed by atoms with van der Waals surface area (Å²) in [5.41, 5.74) is 7.54. The standard InChI is InChI=1S/C17H23BrN2S/c1-13(2)20(12-16-7-4-10-21-16)9-8-17(19)14-5-3-6-15(18)11-14/h3-7,10-11,13,17H,8-9,12,19H2,1-2H3. The van der Waals surface area contributed by atoms with Gasteiger partial charge in [0.25, 0.3) is 0 Å². The first-order chi connectivity index (χ1) is 10.1. The van der Waals surface area contributed by atoms with E-state index in [1.54, 1.807) is 0 Å². The smallest absolute Gasteiger partial charge is 0.0330 e. The molecule has 0 aliphatic heterocycles. The van der Waals surface area contributed by atoms with E-state index in [0.717, 1.165) is 24.0 Å². The van der Waals surface area contributed by atoms with Gasteiger partial charge in [-0.15, -0.1) is 11.3 Å². The highest BCUT2D eigenvalue weighted by molar-refractivity contribution is 9.10. The van der Waals surface area contributed by atoms with E-state index in [4.69, 9.17) is 5.73 Å². The lowest BCUT2D eigenvalue weighted by molar-refractivity contribution is 0.207. The highest BCUT2D eigenvalue weighted by Gasteiger charge is 2.14. The summed E-state index contributed by atoms with van der Waals surface area (Å²) >= 11 is 5.33. The minimum Gasteiger partial charge on any atom is -0.324 e. The molecular formula is C17H23BrN2S. The third-order valence-corrected chi connectivity index (χ3v) is 5.03. The van der Waals surface area contributed by atoms with Crippen LogP contribution in [-0.2, 0) is 6.54 Å². The van der Waals surface area contributed by atoms with Gasteiger partial charge in [-0.2, -0.15) is 0 Å². The van der Waals surface area contributed by atoms with Crippen LogP contribution in [0.3, 0.4) is 0 Å². The van der Waals surface area contributed by atoms with Crippen LogP contribution in [0.1, 0.15) is 36.8 Å². The number of nitrogens with zero attached hydrogens (tertiary/aromatic N) is 1. The second-order valence-electron chi connectivity index (χ2n) is 5.59. The third-order valence-electron chi connectivity index (χ3n) is 3.67. The summed E-state index contributed by atoms with van der Waals surface area (Å²) in [7, 11) is 0. The number of nitrogens with two attached hydrogens (primary N) is 1. The number of rotatable bonds is 7. The van der Waals surface area contributed by atoms with Crippen molar-refractivity contribution >= 4 is 27.3 Å². The third kappa shape index (κ3) is 5.22. The van der Waals surface area contributed by atoms with Gasteiger partial charge < -0.3 is 5.73 Å². The highest BCUT2D eigenvalue weighted by Crippen LogP contribution is 2.21. The van der Waals surface area contributed by atoms with Crippen LogP contribution < -0.4 is 5.73 Å². The lowest BCUT2D eigenvalue weighted by Gasteiger charge is -2.27. The topological polar surface area (TPSA) is 29.3 Å². The Morgan fingerprint density at radius 1 is 1.24 bits per heavy atom. The highest BCUT2D eigenvalue weighted by atomic mass is 79.9. The molecule has 0 aliphatic rings. The maximum atomic E-state index is 6.34. The Kier molecular flexibility index (Phi) is 6.42. The van der Waals surface area contributed by atoms with Gasteiger partial charge >= 0.3 is 0 Å². The van der Waals surface area contributed by atoms with E-state index in [1.807, 2.05) is 23.5 Å². The molecule has 0 bridgehead atoms. The zero-order valence-electron chi connectivity index (χ0n) is 12.6. The average molecular weight is 367 g/mol. The molecule has 1 heterocycles. The van der Waals surface area contributed by atoms with E-state index in [0.29, 0.717) is 6.04 Å². The Bertz CT molecular complexity index is 539. The molecule has 0 saturated heterocycles. The molecular weight excluding hydrogens is 344 g/mol. The molecule has 0 amide bonds. The molecule has 21 heavy (non-hydrogen) atoms. The average Bonchev–Trinajstić information content (AvgIpc) is 2.95. The largest absolute Gasteiger partial charge is 0.324 e. The number of thiophene rings is 1. The molecule has 4 heteroatoms. The van der Waals surface area contributed by atoms with Crippen LogP contribution in [0.2, 0.25) is 0 Å². The molecule has 2 nitrogen and oxygen atoms in total. The second kappa shape index (κ2) is 8.08. The van der Waals surface area contributed by atoms with Crippen molar-refractivity contribution in [2.75, 3.05) is 6.54 Å². The SMILES string of the molecule is CC(C)N(CCC(N)c1cccc(Br)c1)Cc1cccs1. The van der Waals surface area contributed by atoms with Crippen LogP contribution in [0.5, 0.6) is 0 Å². The molecule has 114 valence electrons. The Labute approximate surface area is 140 Å². The predicted octanol–water partition coefficient (Wildman–Crippen LogP) is 4.81. The zero-order valence-corrected chi connectivity index (χ0v) is 15.0. The van der Waals surface area contributed by atoms with Gasteiger partial charge in [-0.3, -0.25) is 4.90 Å². The maximum absolute atomic E-state index is 6.34. The van der Waals surface area contributed by atoms with Gasteiger partial charge in [0.05, 0.1) is 0 Å². The summed E-state index contributed by atoms with van der Waals surface area (Å²) in [5, 5.41) is 2.14. The zero-order chi connectivity index (χ0) is 15.2. The van der Waals surface area contributed by atoms with Crippen molar-refractivity contribution in [3.05, 3.63) is 56.7 Å². The van der Waals surface area contributed by atoms with Crippen molar-refractivity contribution < 1.29 is 0 Å². The molecule has 1 unspecified atom stereocenters. The molecule has 1 aromatic heterocycles. The van der Waals surface area contributed by atoms with Crippen LogP contribution in [0.4, 0.5) is 0 Å². The van der Waals surface area contributed by atoms with Crippen LogP contribution in [0.15, 0.2) is 46.3 Å². The Balaban J connectivity index is 1.92. The number of halogens is 1. The van der Waals surface area contributed by atoms with E-state index in [-0.39, 0.29) is 6.04 Å². The second-order valence-corrected chi connectivity index (χ2v) is 7.54. The molecule has 2 N–H and O–H groups in total. The fourth-order valence-electron chi connectivity index (χ4n) is 2.33. The normalized spacial score (nSPS) is 13.0. The number of hydrogen-bond donors (Lipinski definition) is 1. The summed E-state index contributed by atoms with van der Waals surface area (Å²) in [4.78, 5) is 3.91. The number of benzene rings is 1. The van der Waals surface area contributed by atoms with Crippen LogP contribution in [0, 0.1) is 0 Å². The molecule has 0 spiro atoms. The van der Waals surface area contributed by atoms with Crippen LogP contribution >= 0.6 is 27.3 Å². The minimum atomic E-state index is 0.0899. The predicted molar refractivity (Wildman–Crippen MR) is 95.6 cm³/mol. The van der Waals surface area contributed by atoms with Crippen molar-refractivity contribution in [3.63, 3.8) is 0 Å².